The predicted molar refractivity (Wildman–Crippen MR) is 94.2 cm³/mol. The van der Waals surface area contributed by atoms with E-state index in [1.165, 1.54) is 71.0 Å². The molecule has 1 fully saturated rings. The summed E-state index contributed by atoms with van der Waals surface area (Å²) in [5.74, 6) is 0. The van der Waals surface area contributed by atoms with E-state index in [2.05, 4.69) is 41.4 Å². The maximum Gasteiger partial charge on any atom is 0.0323 e. The summed E-state index contributed by atoms with van der Waals surface area (Å²) in [4.78, 5) is 2.69. The molecule has 0 bridgehead atoms. The van der Waals surface area contributed by atoms with Gasteiger partial charge in [-0.1, -0.05) is 30.7 Å². The molecule has 2 heteroatoms. The van der Waals surface area contributed by atoms with Crippen molar-refractivity contribution in [3.8, 4) is 0 Å². The summed E-state index contributed by atoms with van der Waals surface area (Å²) in [5, 5.41) is 3.81. The summed E-state index contributed by atoms with van der Waals surface area (Å²) in [7, 11) is 0. The lowest BCUT2D eigenvalue weighted by molar-refractivity contribution is 0.158. The highest BCUT2D eigenvalue weighted by Crippen LogP contribution is 2.29. The minimum atomic E-state index is 0.596. The van der Waals surface area contributed by atoms with Crippen LogP contribution in [0, 0.1) is 0 Å². The Morgan fingerprint density at radius 1 is 1.09 bits per heavy atom. The van der Waals surface area contributed by atoms with Crippen molar-refractivity contribution in [2.24, 2.45) is 0 Å². The molecule has 1 N–H and O–H groups in total. The van der Waals surface area contributed by atoms with Crippen molar-refractivity contribution < 1.29 is 0 Å². The third-order valence-electron chi connectivity index (χ3n) is 5.57. The van der Waals surface area contributed by atoms with E-state index in [1.807, 2.05) is 0 Å². The van der Waals surface area contributed by atoms with Gasteiger partial charge in [-0.3, -0.25) is 0 Å². The summed E-state index contributed by atoms with van der Waals surface area (Å²) >= 11 is 0. The minimum absolute atomic E-state index is 0.596. The molecule has 0 radical (unpaired) electrons. The van der Waals surface area contributed by atoms with Gasteiger partial charge in [0.15, 0.2) is 0 Å². The van der Waals surface area contributed by atoms with Gasteiger partial charge in [0.05, 0.1) is 0 Å². The van der Waals surface area contributed by atoms with Gasteiger partial charge >= 0.3 is 0 Å². The van der Waals surface area contributed by atoms with E-state index >= 15 is 0 Å². The second-order valence-corrected chi connectivity index (χ2v) is 7.19. The zero-order chi connectivity index (χ0) is 15.2. The first-order valence-electron chi connectivity index (χ1n) is 9.40. The molecule has 1 aliphatic heterocycles. The van der Waals surface area contributed by atoms with Crippen molar-refractivity contribution >= 4 is 0 Å². The second-order valence-electron chi connectivity index (χ2n) is 7.19. The molecule has 1 saturated heterocycles. The molecule has 2 aliphatic rings. The van der Waals surface area contributed by atoms with Crippen LogP contribution in [0.4, 0.5) is 0 Å². The van der Waals surface area contributed by atoms with E-state index in [0.29, 0.717) is 6.04 Å². The zero-order valence-electron chi connectivity index (χ0n) is 14.2. The zero-order valence-corrected chi connectivity index (χ0v) is 14.2. The molecule has 0 spiro atoms. The van der Waals surface area contributed by atoms with E-state index in [0.717, 1.165) is 6.04 Å². The van der Waals surface area contributed by atoms with E-state index in [4.69, 9.17) is 0 Å². The summed E-state index contributed by atoms with van der Waals surface area (Å²) in [6.45, 7) is 6.19. The Hall–Kier alpha value is -0.860. The SMILES string of the molecule is CC1CCCCN1CCCCNC1CCCc2ccccc21. The van der Waals surface area contributed by atoms with Gasteiger partial charge in [0, 0.05) is 12.1 Å². The molecule has 0 amide bonds. The molecular formula is C20H32N2. The molecule has 122 valence electrons. The number of aryl methyl sites for hydroxylation is 1. The lowest BCUT2D eigenvalue weighted by Gasteiger charge is -2.33. The molecule has 0 saturated carbocycles. The lowest BCUT2D eigenvalue weighted by Crippen LogP contribution is -2.38. The Labute approximate surface area is 136 Å². The average molecular weight is 300 g/mol. The molecular weight excluding hydrogens is 268 g/mol. The lowest BCUT2D eigenvalue weighted by atomic mass is 9.88. The van der Waals surface area contributed by atoms with Crippen molar-refractivity contribution in [1.29, 1.82) is 0 Å². The predicted octanol–water partition coefficient (Wildman–Crippen LogP) is 4.31. The Bertz CT molecular complexity index is 457. The second kappa shape index (κ2) is 8.12. The van der Waals surface area contributed by atoms with Crippen LogP contribution < -0.4 is 5.32 Å². The molecule has 22 heavy (non-hydrogen) atoms. The van der Waals surface area contributed by atoms with Gasteiger partial charge in [-0.25, -0.2) is 0 Å². The number of benzene rings is 1. The molecule has 1 aliphatic carbocycles. The first kappa shape index (κ1) is 16.0. The monoisotopic (exact) mass is 300 g/mol. The maximum atomic E-state index is 3.81. The largest absolute Gasteiger partial charge is 0.310 e. The van der Waals surface area contributed by atoms with Crippen LogP contribution >= 0.6 is 0 Å². The van der Waals surface area contributed by atoms with Crippen LogP contribution in [0.1, 0.15) is 69.0 Å². The van der Waals surface area contributed by atoms with Gasteiger partial charge in [-0.2, -0.15) is 0 Å². The van der Waals surface area contributed by atoms with Crippen molar-refractivity contribution in [1.82, 2.24) is 10.2 Å². The van der Waals surface area contributed by atoms with Crippen molar-refractivity contribution in [3.05, 3.63) is 35.4 Å². The fourth-order valence-electron chi connectivity index (χ4n) is 4.17. The molecule has 2 nitrogen and oxygen atoms in total. The summed E-state index contributed by atoms with van der Waals surface area (Å²) in [5.41, 5.74) is 3.12. The van der Waals surface area contributed by atoms with E-state index in [-0.39, 0.29) is 0 Å². The van der Waals surface area contributed by atoms with Crippen LogP contribution in [0.5, 0.6) is 0 Å². The molecule has 0 aromatic heterocycles. The third kappa shape index (κ3) is 4.11. The first-order chi connectivity index (χ1) is 10.8. The Balaban J connectivity index is 1.37. The molecule has 2 unspecified atom stereocenters. The van der Waals surface area contributed by atoms with Crippen LogP contribution in [0.25, 0.3) is 0 Å². The van der Waals surface area contributed by atoms with Crippen LogP contribution in [0.3, 0.4) is 0 Å². The smallest absolute Gasteiger partial charge is 0.0323 e. The number of likely N-dealkylation sites (tertiary alicyclic amines) is 1. The number of hydrogen-bond donors (Lipinski definition) is 1. The normalized spacial score (nSPS) is 25.9. The fourth-order valence-corrected chi connectivity index (χ4v) is 4.17. The molecule has 2 atom stereocenters. The topological polar surface area (TPSA) is 15.3 Å². The van der Waals surface area contributed by atoms with E-state index < -0.39 is 0 Å². The summed E-state index contributed by atoms with van der Waals surface area (Å²) < 4.78 is 0. The Morgan fingerprint density at radius 2 is 2.00 bits per heavy atom. The summed E-state index contributed by atoms with van der Waals surface area (Å²) in [6.07, 6.45) is 10.8. The van der Waals surface area contributed by atoms with Crippen LogP contribution in [-0.4, -0.2) is 30.6 Å². The molecule has 1 aromatic carbocycles. The fraction of sp³-hybridized carbons (Fsp3) is 0.700. The number of unbranched alkanes of at least 4 members (excludes halogenated alkanes) is 1. The van der Waals surface area contributed by atoms with Crippen LogP contribution in [-0.2, 0) is 6.42 Å². The van der Waals surface area contributed by atoms with Crippen molar-refractivity contribution in [2.45, 2.75) is 70.4 Å². The first-order valence-corrected chi connectivity index (χ1v) is 9.40. The Kier molecular flexibility index (Phi) is 5.91. The average Bonchev–Trinajstić information content (AvgIpc) is 2.56. The summed E-state index contributed by atoms with van der Waals surface area (Å²) in [6, 6.07) is 10.4. The van der Waals surface area contributed by atoms with Gasteiger partial charge < -0.3 is 10.2 Å². The minimum Gasteiger partial charge on any atom is -0.310 e. The maximum absolute atomic E-state index is 3.81. The standard InChI is InChI=1S/C20H32N2/c1-17-9-4-6-15-22(17)16-7-5-14-21-20-13-8-11-18-10-2-3-12-19(18)20/h2-3,10,12,17,20-21H,4-9,11,13-16H2,1H3. The number of fused-ring (bicyclic) bond motifs is 1. The van der Waals surface area contributed by atoms with Gasteiger partial charge in [-0.15, -0.1) is 0 Å². The van der Waals surface area contributed by atoms with Crippen LogP contribution in [0.15, 0.2) is 24.3 Å². The van der Waals surface area contributed by atoms with Gasteiger partial charge in [0.1, 0.15) is 0 Å². The van der Waals surface area contributed by atoms with Crippen LogP contribution in [0.2, 0.25) is 0 Å². The number of nitrogens with one attached hydrogen (secondary N) is 1. The van der Waals surface area contributed by atoms with E-state index in [1.54, 1.807) is 11.1 Å². The highest BCUT2D eigenvalue weighted by Gasteiger charge is 2.19. The van der Waals surface area contributed by atoms with Gasteiger partial charge in [0.25, 0.3) is 0 Å². The number of rotatable bonds is 6. The molecule has 1 aromatic rings. The third-order valence-corrected chi connectivity index (χ3v) is 5.57. The van der Waals surface area contributed by atoms with E-state index in [9.17, 15) is 0 Å². The van der Waals surface area contributed by atoms with Gasteiger partial charge in [-0.05, 0) is 82.6 Å². The number of piperidine rings is 1. The Morgan fingerprint density at radius 3 is 2.91 bits per heavy atom. The van der Waals surface area contributed by atoms with Crippen molar-refractivity contribution in [2.75, 3.05) is 19.6 Å². The van der Waals surface area contributed by atoms with Gasteiger partial charge in [0.2, 0.25) is 0 Å². The quantitative estimate of drug-likeness (QED) is 0.788. The molecule has 1 heterocycles. The highest BCUT2D eigenvalue weighted by atomic mass is 15.2. The highest BCUT2D eigenvalue weighted by molar-refractivity contribution is 5.32. The number of nitrogens with zero attached hydrogens (tertiary/aromatic N) is 1. The van der Waals surface area contributed by atoms with Crippen molar-refractivity contribution in [3.63, 3.8) is 0 Å². The molecule has 3 rings (SSSR count). The number of hydrogen-bond acceptors (Lipinski definition) is 2.